The second-order valence-electron chi connectivity index (χ2n) is 15.0. The number of methoxy groups -OCH3 is 1. The summed E-state index contributed by atoms with van der Waals surface area (Å²) in [5.41, 5.74) is 0.727. The predicted molar refractivity (Wildman–Crippen MR) is 199 cm³/mol. The number of nitrogens with one attached hydrogen (secondary N) is 3. The molecule has 54 heavy (non-hydrogen) atoms. The van der Waals surface area contributed by atoms with Gasteiger partial charge in [0.2, 0.25) is 35.4 Å². The molecule has 3 saturated heterocycles. The third kappa shape index (κ3) is 9.51. The SMILES string of the molecule is CC[C@@H](C)[C@H]1NC(=O)C(NC(C)=O)[C@@H](C)OC(=O)[C@H]([C@@H](C)CC)NC(=O)C(Cc2ccc(OC)cc2)N(C)C(=O)[C@@H]2CCCN2C(=O)[C@@H]2CCCN2C1=O. The Morgan fingerprint density at radius 1 is 0.852 bits per heavy atom. The van der Waals surface area contributed by atoms with Crippen LogP contribution in [0.2, 0.25) is 0 Å². The van der Waals surface area contributed by atoms with Crippen molar-refractivity contribution in [3.8, 4) is 5.75 Å². The van der Waals surface area contributed by atoms with Gasteiger partial charge in [-0.05, 0) is 62.1 Å². The molecule has 3 N–H and O–H groups in total. The van der Waals surface area contributed by atoms with Crippen molar-refractivity contribution in [3.05, 3.63) is 29.8 Å². The molecule has 15 nitrogen and oxygen atoms in total. The molecular weight excluding hydrogens is 696 g/mol. The van der Waals surface area contributed by atoms with Gasteiger partial charge in [0.1, 0.15) is 48.1 Å². The molecule has 0 aliphatic carbocycles. The Balaban J connectivity index is 1.82. The zero-order valence-electron chi connectivity index (χ0n) is 32.9. The summed E-state index contributed by atoms with van der Waals surface area (Å²) in [6.45, 7) is 10.6. The molecule has 0 saturated carbocycles. The number of esters is 1. The van der Waals surface area contributed by atoms with E-state index in [4.69, 9.17) is 9.47 Å². The van der Waals surface area contributed by atoms with Gasteiger partial charge in [0.05, 0.1) is 7.11 Å². The fourth-order valence-corrected chi connectivity index (χ4v) is 7.51. The minimum Gasteiger partial charge on any atom is -0.497 e. The molecule has 0 radical (unpaired) electrons. The fraction of sp³-hybridized carbons (Fsp3) is 0.667. The van der Waals surface area contributed by atoms with Crippen molar-refractivity contribution in [2.24, 2.45) is 11.8 Å². The molecule has 2 unspecified atom stereocenters. The molecule has 6 amide bonds. The van der Waals surface area contributed by atoms with E-state index < -0.39 is 83.8 Å². The van der Waals surface area contributed by atoms with Crippen molar-refractivity contribution >= 4 is 41.4 Å². The lowest BCUT2D eigenvalue weighted by Crippen LogP contribution is -2.61. The van der Waals surface area contributed by atoms with Gasteiger partial charge in [0.15, 0.2) is 0 Å². The Hall–Kier alpha value is -4.69. The topological polar surface area (TPSA) is 184 Å². The summed E-state index contributed by atoms with van der Waals surface area (Å²) in [6.07, 6.45) is 1.74. The van der Waals surface area contributed by atoms with E-state index in [9.17, 15) is 33.6 Å². The number of cyclic esters (lactones) is 1. The van der Waals surface area contributed by atoms with Crippen molar-refractivity contribution in [3.63, 3.8) is 0 Å². The van der Waals surface area contributed by atoms with Crippen LogP contribution in [0.25, 0.3) is 0 Å². The average molecular weight is 755 g/mol. The molecule has 1 aromatic rings. The molecule has 0 bridgehead atoms. The number of nitrogens with zero attached hydrogens (tertiary/aromatic N) is 3. The number of ether oxygens (including phenoxy) is 2. The zero-order valence-corrected chi connectivity index (χ0v) is 32.9. The minimum absolute atomic E-state index is 0.0874. The maximum absolute atomic E-state index is 14.4. The first-order valence-corrected chi connectivity index (χ1v) is 19.2. The van der Waals surface area contributed by atoms with Crippen LogP contribution in [0, 0.1) is 11.8 Å². The van der Waals surface area contributed by atoms with Gasteiger partial charge in [-0.15, -0.1) is 0 Å². The Morgan fingerprint density at radius 2 is 1.39 bits per heavy atom. The third-order valence-electron chi connectivity index (χ3n) is 11.3. The molecule has 3 heterocycles. The van der Waals surface area contributed by atoms with Crippen LogP contribution in [0.1, 0.15) is 85.6 Å². The average Bonchev–Trinajstić information content (AvgIpc) is 3.86. The van der Waals surface area contributed by atoms with Crippen LogP contribution in [0.3, 0.4) is 0 Å². The first-order valence-electron chi connectivity index (χ1n) is 19.2. The number of fused-ring (bicyclic) bond motifs is 2. The van der Waals surface area contributed by atoms with Gasteiger partial charge in [-0.3, -0.25) is 28.8 Å². The molecule has 4 rings (SSSR count). The van der Waals surface area contributed by atoms with E-state index in [0.717, 1.165) is 5.56 Å². The van der Waals surface area contributed by atoms with Crippen LogP contribution >= 0.6 is 0 Å². The van der Waals surface area contributed by atoms with E-state index >= 15 is 0 Å². The maximum atomic E-state index is 14.4. The Morgan fingerprint density at radius 3 is 1.94 bits per heavy atom. The third-order valence-corrected chi connectivity index (χ3v) is 11.3. The van der Waals surface area contributed by atoms with Crippen LogP contribution in [-0.2, 0) is 44.7 Å². The summed E-state index contributed by atoms with van der Waals surface area (Å²) >= 11 is 0. The summed E-state index contributed by atoms with van der Waals surface area (Å²) in [7, 11) is 3.07. The Labute approximate surface area is 318 Å². The highest BCUT2D eigenvalue weighted by Crippen LogP contribution is 2.28. The van der Waals surface area contributed by atoms with E-state index in [2.05, 4.69) is 16.0 Å². The highest BCUT2D eigenvalue weighted by atomic mass is 16.5. The van der Waals surface area contributed by atoms with Crippen molar-refractivity contribution in [2.75, 3.05) is 27.2 Å². The number of hydrogen-bond acceptors (Lipinski definition) is 9. The van der Waals surface area contributed by atoms with Crippen molar-refractivity contribution < 1.29 is 43.0 Å². The van der Waals surface area contributed by atoms with Gasteiger partial charge >= 0.3 is 5.97 Å². The van der Waals surface area contributed by atoms with Gasteiger partial charge in [0, 0.05) is 33.5 Å². The predicted octanol–water partition coefficient (Wildman–Crippen LogP) is 1.56. The van der Waals surface area contributed by atoms with Crippen molar-refractivity contribution in [1.29, 1.82) is 0 Å². The fourth-order valence-electron chi connectivity index (χ4n) is 7.51. The van der Waals surface area contributed by atoms with E-state index in [1.54, 1.807) is 38.3 Å². The van der Waals surface area contributed by atoms with Gasteiger partial charge in [-0.25, -0.2) is 4.79 Å². The summed E-state index contributed by atoms with van der Waals surface area (Å²) in [4.78, 5) is 102. The molecular formula is C39H58N6O9. The number of likely N-dealkylation sites (N-methyl/N-ethyl adjacent to an activating group) is 1. The number of benzene rings is 1. The van der Waals surface area contributed by atoms with E-state index in [1.807, 2.05) is 20.8 Å². The molecule has 298 valence electrons. The van der Waals surface area contributed by atoms with Crippen molar-refractivity contribution in [2.45, 2.75) is 129 Å². The van der Waals surface area contributed by atoms with Crippen LogP contribution in [0.15, 0.2) is 24.3 Å². The lowest BCUT2D eigenvalue weighted by Gasteiger charge is -2.36. The lowest BCUT2D eigenvalue weighted by molar-refractivity contribution is -0.158. The Bertz CT molecular complexity index is 1550. The number of hydrogen-bond donors (Lipinski definition) is 3. The molecule has 0 spiro atoms. The molecule has 9 atom stereocenters. The van der Waals surface area contributed by atoms with E-state index in [1.165, 1.54) is 35.6 Å². The van der Waals surface area contributed by atoms with Crippen LogP contribution in [0.4, 0.5) is 0 Å². The largest absolute Gasteiger partial charge is 0.497 e. The minimum atomic E-state index is -1.38. The monoisotopic (exact) mass is 754 g/mol. The van der Waals surface area contributed by atoms with Gasteiger partial charge in [-0.2, -0.15) is 0 Å². The smallest absolute Gasteiger partial charge is 0.329 e. The highest BCUT2D eigenvalue weighted by Gasteiger charge is 2.46. The normalized spacial score (nSPS) is 28.8. The first-order chi connectivity index (χ1) is 25.6. The van der Waals surface area contributed by atoms with Crippen LogP contribution < -0.4 is 20.7 Å². The number of rotatable bonds is 8. The number of amides is 6. The summed E-state index contributed by atoms with van der Waals surface area (Å²) in [6, 6.07) is 0.658. The Kier molecular flexibility index (Phi) is 14.5. The van der Waals surface area contributed by atoms with Crippen molar-refractivity contribution in [1.82, 2.24) is 30.7 Å². The summed E-state index contributed by atoms with van der Waals surface area (Å²) < 4.78 is 11.1. The molecule has 15 heteroatoms. The molecule has 3 fully saturated rings. The maximum Gasteiger partial charge on any atom is 0.329 e. The van der Waals surface area contributed by atoms with Crippen LogP contribution in [0.5, 0.6) is 5.75 Å². The van der Waals surface area contributed by atoms with E-state index in [-0.39, 0.29) is 24.8 Å². The summed E-state index contributed by atoms with van der Waals surface area (Å²) in [5.74, 6) is -4.13. The van der Waals surface area contributed by atoms with Gasteiger partial charge < -0.3 is 40.1 Å². The van der Waals surface area contributed by atoms with E-state index in [0.29, 0.717) is 50.8 Å². The zero-order chi connectivity index (χ0) is 39.9. The molecule has 3 aliphatic heterocycles. The first kappa shape index (κ1) is 42.1. The summed E-state index contributed by atoms with van der Waals surface area (Å²) in [5, 5.41) is 8.22. The van der Waals surface area contributed by atoms with Crippen LogP contribution in [-0.4, -0.2) is 126 Å². The van der Waals surface area contributed by atoms with Gasteiger partial charge in [0.25, 0.3) is 0 Å². The second kappa shape index (κ2) is 18.6. The molecule has 1 aromatic carbocycles. The number of carbonyl (C=O) groups excluding carboxylic acids is 7. The number of carbonyl (C=O) groups is 7. The standard InChI is InChI=1S/C39H58N6O9/c1-9-22(3)31-38(51)45-20-12-14-29(45)37(50)44-19-11-13-28(44)36(49)43(7)30(21-26-15-17-27(53-8)18-16-26)34(47)42-32(23(4)10-2)39(52)54-24(5)33(35(48)41-31)40-25(6)46/h15-18,22-24,28-33H,9-14,19-21H2,1-8H3,(H,40,46)(H,41,48)(H,42,47)/t22-,23+,24-,28+,29+,30?,31-,32+,33?/m1/s1. The van der Waals surface area contributed by atoms with Gasteiger partial charge in [-0.1, -0.05) is 52.7 Å². The second-order valence-corrected chi connectivity index (χ2v) is 15.0. The highest BCUT2D eigenvalue weighted by molar-refractivity contribution is 5.98. The lowest BCUT2D eigenvalue weighted by atomic mass is 9.96. The molecule has 3 aliphatic rings. The molecule has 0 aromatic heterocycles. The quantitative estimate of drug-likeness (QED) is 0.332.